The Bertz CT molecular complexity index is 424. The number of carbonyl (C=O) groups is 2. The van der Waals surface area contributed by atoms with Crippen LogP contribution < -0.4 is 0 Å². The zero-order valence-electron chi connectivity index (χ0n) is 17.1. The Kier molecular flexibility index (Phi) is 13.5. The summed E-state index contributed by atoms with van der Waals surface area (Å²) in [6.45, 7) is 2.27. The molecule has 0 aromatic heterocycles. The molecule has 0 saturated carbocycles. The highest BCUT2D eigenvalue weighted by Crippen LogP contribution is 2.41. The van der Waals surface area contributed by atoms with Crippen molar-refractivity contribution in [2.75, 3.05) is 0 Å². The van der Waals surface area contributed by atoms with Gasteiger partial charge in [-0.3, -0.25) is 4.79 Å². The highest BCUT2D eigenvalue weighted by atomic mass is 35.5. The van der Waals surface area contributed by atoms with Crippen LogP contribution in [0.4, 0.5) is 0 Å². The molecule has 0 bridgehead atoms. The fourth-order valence-corrected chi connectivity index (χ4v) is 4.19. The third-order valence-electron chi connectivity index (χ3n) is 5.53. The zero-order chi connectivity index (χ0) is 20.0. The average Bonchev–Trinajstić information content (AvgIpc) is 2.82. The van der Waals surface area contributed by atoms with Gasteiger partial charge in [-0.15, -0.1) is 0 Å². The van der Waals surface area contributed by atoms with E-state index in [1.807, 2.05) is 0 Å². The van der Waals surface area contributed by atoms with Gasteiger partial charge in [0, 0.05) is 0 Å². The molecule has 0 aromatic rings. The smallest absolute Gasteiger partial charge is 0.351 e. The molecular formula is C22H38Cl2O3. The van der Waals surface area contributed by atoms with Gasteiger partial charge in [-0.1, -0.05) is 133 Å². The molecule has 27 heavy (non-hydrogen) atoms. The molecule has 3 nitrogen and oxygen atoms in total. The molecule has 5 heteroatoms. The maximum Gasteiger partial charge on any atom is 0.351 e. The number of unbranched alkanes of at least 4 members (excludes halogenated alkanes) is 15. The highest BCUT2D eigenvalue weighted by Gasteiger charge is 2.55. The number of halogens is 2. The van der Waals surface area contributed by atoms with Crippen molar-refractivity contribution in [2.45, 2.75) is 120 Å². The number of carbonyl (C=O) groups excluding carboxylic acids is 2. The Morgan fingerprint density at radius 2 is 1.07 bits per heavy atom. The number of cyclic esters (lactones) is 2. The minimum absolute atomic E-state index is 0.524. The van der Waals surface area contributed by atoms with Crippen LogP contribution >= 0.6 is 23.2 Å². The lowest BCUT2D eigenvalue weighted by Gasteiger charge is -2.14. The second-order valence-corrected chi connectivity index (χ2v) is 9.36. The SMILES string of the molecule is CCCCCCCCCCCCCCCCCCC1C(=O)OC(=O)C1(Cl)Cl. The lowest BCUT2D eigenvalue weighted by Crippen LogP contribution is -2.29. The molecule has 0 aromatic carbocycles. The summed E-state index contributed by atoms with van der Waals surface area (Å²) in [5.74, 6) is -2.11. The molecular weight excluding hydrogens is 383 g/mol. The van der Waals surface area contributed by atoms with E-state index < -0.39 is 22.2 Å². The monoisotopic (exact) mass is 420 g/mol. The maximum absolute atomic E-state index is 11.6. The van der Waals surface area contributed by atoms with Crippen molar-refractivity contribution in [3.8, 4) is 0 Å². The minimum atomic E-state index is -1.69. The Labute approximate surface area is 175 Å². The van der Waals surface area contributed by atoms with Gasteiger partial charge in [0.15, 0.2) is 0 Å². The fraction of sp³-hybridized carbons (Fsp3) is 0.909. The summed E-state index contributed by atoms with van der Waals surface area (Å²) < 4.78 is 2.84. The second kappa shape index (κ2) is 14.7. The van der Waals surface area contributed by atoms with Gasteiger partial charge >= 0.3 is 11.9 Å². The van der Waals surface area contributed by atoms with Crippen molar-refractivity contribution in [1.82, 2.24) is 0 Å². The van der Waals surface area contributed by atoms with Gasteiger partial charge < -0.3 is 4.74 Å². The highest BCUT2D eigenvalue weighted by molar-refractivity contribution is 6.60. The summed E-state index contributed by atoms with van der Waals surface area (Å²) in [5, 5.41) is 0. The first-order chi connectivity index (χ1) is 13.0. The number of ether oxygens (including phenoxy) is 1. The van der Waals surface area contributed by atoms with Crippen LogP contribution in [0.3, 0.4) is 0 Å². The van der Waals surface area contributed by atoms with Gasteiger partial charge in [0.25, 0.3) is 0 Å². The first-order valence-corrected chi connectivity index (χ1v) is 11.9. The molecule has 0 aliphatic carbocycles. The summed E-state index contributed by atoms with van der Waals surface area (Å²) in [6, 6.07) is 0. The fourth-order valence-electron chi connectivity index (χ4n) is 3.72. The van der Waals surface area contributed by atoms with Gasteiger partial charge in [0.05, 0.1) is 0 Å². The van der Waals surface area contributed by atoms with E-state index in [0.717, 1.165) is 19.3 Å². The first kappa shape index (κ1) is 24.8. The molecule has 0 N–H and O–H groups in total. The lowest BCUT2D eigenvalue weighted by molar-refractivity contribution is -0.153. The van der Waals surface area contributed by atoms with Crippen LogP contribution in [0.15, 0.2) is 0 Å². The molecule has 158 valence electrons. The first-order valence-electron chi connectivity index (χ1n) is 11.1. The minimum Gasteiger partial charge on any atom is -0.391 e. The third-order valence-corrected chi connectivity index (χ3v) is 6.37. The van der Waals surface area contributed by atoms with Crippen molar-refractivity contribution in [3.63, 3.8) is 0 Å². The maximum atomic E-state index is 11.6. The summed E-state index contributed by atoms with van der Waals surface area (Å²) in [4.78, 5) is 23.0. The normalized spacial score (nSPS) is 18.9. The second-order valence-electron chi connectivity index (χ2n) is 7.98. The number of alkyl halides is 2. The molecule has 1 fully saturated rings. The van der Waals surface area contributed by atoms with Crippen LogP contribution in [0.5, 0.6) is 0 Å². The van der Waals surface area contributed by atoms with Crippen LogP contribution in [0.2, 0.25) is 0 Å². The molecule has 1 saturated heterocycles. The van der Waals surface area contributed by atoms with E-state index in [4.69, 9.17) is 23.2 Å². The van der Waals surface area contributed by atoms with Crippen LogP contribution in [0.1, 0.15) is 116 Å². The van der Waals surface area contributed by atoms with E-state index in [1.165, 1.54) is 83.5 Å². The van der Waals surface area contributed by atoms with Gasteiger partial charge in [-0.05, 0) is 6.42 Å². The average molecular weight is 421 g/mol. The molecule has 0 spiro atoms. The topological polar surface area (TPSA) is 43.4 Å². The van der Waals surface area contributed by atoms with Crippen LogP contribution in [-0.2, 0) is 14.3 Å². The van der Waals surface area contributed by atoms with Gasteiger partial charge in [-0.2, -0.15) is 0 Å². The van der Waals surface area contributed by atoms with Gasteiger partial charge in [0.1, 0.15) is 5.92 Å². The molecule has 0 amide bonds. The van der Waals surface area contributed by atoms with Gasteiger partial charge in [-0.25, -0.2) is 4.79 Å². The van der Waals surface area contributed by atoms with E-state index >= 15 is 0 Å². The summed E-state index contributed by atoms with van der Waals surface area (Å²) >= 11 is 11.8. The Hall–Kier alpha value is -0.280. The molecule has 1 unspecified atom stereocenters. The third kappa shape index (κ3) is 10.2. The Morgan fingerprint density at radius 3 is 1.41 bits per heavy atom. The van der Waals surface area contributed by atoms with Crippen LogP contribution in [0, 0.1) is 5.92 Å². The predicted molar refractivity (Wildman–Crippen MR) is 113 cm³/mol. The van der Waals surface area contributed by atoms with Crippen molar-refractivity contribution in [3.05, 3.63) is 0 Å². The van der Waals surface area contributed by atoms with E-state index in [-0.39, 0.29) is 0 Å². The molecule has 0 radical (unpaired) electrons. The van der Waals surface area contributed by atoms with E-state index in [0.29, 0.717) is 6.42 Å². The number of esters is 2. The largest absolute Gasteiger partial charge is 0.391 e. The van der Waals surface area contributed by atoms with E-state index in [9.17, 15) is 9.59 Å². The Morgan fingerprint density at radius 1 is 0.704 bits per heavy atom. The van der Waals surface area contributed by atoms with Crippen molar-refractivity contribution in [1.29, 1.82) is 0 Å². The van der Waals surface area contributed by atoms with Crippen molar-refractivity contribution < 1.29 is 14.3 Å². The summed E-state index contributed by atoms with van der Waals surface area (Å²) in [5.41, 5.74) is 0. The quantitative estimate of drug-likeness (QED) is 0.106. The van der Waals surface area contributed by atoms with E-state index in [2.05, 4.69) is 11.7 Å². The molecule has 1 aliphatic heterocycles. The molecule has 1 aliphatic rings. The van der Waals surface area contributed by atoms with Crippen molar-refractivity contribution in [2.24, 2.45) is 5.92 Å². The zero-order valence-corrected chi connectivity index (χ0v) is 18.6. The lowest BCUT2D eigenvalue weighted by atomic mass is 9.98. The van der Waals surface area contributed by atoms with Gasteiger partial charge in [0.2, 0.25) is 4.33 Å². The molecule has 1 heterocycles. The van der Waals surface area contributed by atoms with Crippen LogP contribution in [-0.4, -0.2) is 16.3 Å². The Balaban J connectivity index is 1.83. The van der Waals surface area contributed by atoms with E-state index in [1.54, 1.807) is 0 Å². The number of rotatable bonds is 17. The number of hydrogen-bond donors (Lipinski definition) is 0. The number of hydrogen-bond acceptors (Lipinski definition) is 3. The summed E-state index contributed by atoms with van der Waals surface area (Å²) in [6.07, 6.45) is 21.3. The van der Waals surface area contributed by atoms with Crippen LogP contribution in [0.25, 0.3) is 0 Å². The van der Waals surface area contributed by atoms with Crippen molar-refractivity contribution >= 4 is 35.1 Å². The standard InChI is InChI=1S/C22H38Cl2O3/c1-2-3-4-5-6-7-8-9-10-11-12-13-14-15-16-17-18-19-20(25)27-21(26)22(19,23)24/h19H,2-18H2,1H3. The predicted octanol–water partition coefficient (Wildman–Crippen LogP) is 7.51. The molecule has 1 atom stereocenters. The summed E-state index contributed by atoms with van der Waals surface area (Å²) in [7, 11) is 0. The molecule has 1 rings (SSSR count).